The van der Waals surface area contributed by atoms with Crippen molar-refractivity contribution in [3.05, 3.63) is 0 Å². The highest BCUT2D eigenvalue weighted by Crippen LogP contribution is 2.47. The molecule has 0 spiro atoms. The van der Waals surface area contributed by atoms with E-state index in [0.29, 0.717) is 35.8 Å². The average Bonchev–Trinajstić information content (AvgIpc) is 3.39. The van der Waals surface area contributed by atoms with E-state index in [9.17, 15) is 10.4 Å². The van der Waals surface area contributed by atoms with Crippen molar-refractivity contribution in [2.75, 3.05) is 26.2 Å². The number of piperazine rings is 1. The minimum Gasteiger partial charge on any atom is -0.411 e. The van der Waals surface area contributed by atoms with Crippen LogP contribution in [0.4, 0.5) is 0 Å². The summed E-state index contributed by atoms with van der Waals surface area (Å²) in [5.74, 6) is 2.46. The number of rotatable bonds is 2. The summed E-state index contributed by atoms with van der Waals surface area (Å²) in [7, 11) is 0. The molecule has 6 atom stereocenters. The molecule has 1 saturated heterocycles. The maximum Gasteiger partial charge on any atom is 0.0775 e. The molecule has 0 radical (unpaired) electrons. The molecule has 0 aromatic carbocycles. The second-order valence-corrected chi connectivity index (χ2v) is 8.55. The van der Waals surface area contributed by atoms with Gasteiger partial charge in [0.15, 0.2) is 0 Å². The van der Waals surface area contributed by atoms with Gasteiger partial charge < -0.3 is 10.4 Å². The Morgan fingerprint density at radius 1 is 0.667 bits per heavy atom. The van der Waals surface area contributed by atoms with E-state index in [-0.39, 0.29) is 0 Å². The first-order valence-electron chi connectivity index (χ1n) is 9.72. The fourth-order valence-corrected chi connectivity index (χ4v) is 6.66. The lowest BCUT2D eigenvalue weighted by atomic mass is 9.90. The number of nitrogens with zero attached hydrogens (tertiary/aromatic N) is 4. The van der Waals surface area contributed by atoms with Crippen molar-refractivity contribution in [2.45, 2.75) is 50.6 Å². The Hall–Kier alpha value is -1.14. The van der Waals surface area contributed by atoms with Crippen molar-refractivity contribution in [1.82, 2.24) is 9.80 Å². The van der Waals surface area contributed by atoms with Crippen molar-refractivity contribution >= 4 is 11.4 Å². The van der Waals surface area contributed by atoms with E-state index in [2.05, 4.69) is 20.1 Å². The van der Waals surface area contributed by atoms with E-state index in [4.69, 9.17) is 0 Å². The Morgan fingerprint density at radius 2 is 1.08 bits per heavy atom. The summed E-state index contributed by atoms with van der Waals surface area (Å²) >= 11 is 0. The Kier molecular flexibility index (Phi) is 3.59. The molecule has 1 heterocycles. The Balaban J connectivity index is 1.27. The molecule has 0 aromatic rings. The van der Waals surface area contributed by atoms with E-state index in [0.717, 1.165) is 37.6 Å². The first kappa shape index (κ1) is 15.1. The number of fused-ring (bicyclic) bond motifs is 4. The summed E-state index contributed by atoms with van der Waals surface area (Å²) < 4.78 is 0. The quantitative estimate of drug-likeness (QED) is 0.598. The second-order valence-electron chi connectivity index (χ2n) is 8.55. The van der Waals surface area contributed by atoms with Crippen LogP contribution in [-0.4, -0.2) is 69.9 Å². The zero-order chi connectivity index (χ0) is 16.3. The molecule has 4 saturated carbocycles. The second kappa shape index (κ2) is 5.70. The molecule has 24 heavy (non-hydrogen) atoms. The number of hydrogen-bond acceptors (Lipinski definition) is 6. The SMILES string of the molecule is O/N=C1\[C@H]2CC[C@@H](C2)[C@H]1N1CCN([C@H]2/C(=N/O)[C@H]3CC[C@H]2C3)CC1. The van der Waals surface area contributed by atoms with Crippen LogP contribution in [0.3, 0.4) is 0 Å². The highest BCUT2D eigenvalue weighted by Gasteiger charge is 2.51. The topological polar surface area (TPSA) is 71.7 Å². The van der Waals surface area contributed by atoms with Crippen LogP contribution in [0.5, 0.6) is 0 Å². The van der Waals surface area contributed by atoms with Crippen LogP contribution in [-0.2, 0) is 0 Å². The van der Waals surface area contributed by atoms with Crippen molar-refractivity contribution in [1.29, 1.82) is 0 Å². The zero-order valence-corrected chi connectivity index (χ0v) is 14.2. The molecule has 4 aliphatic carbocycles. The van der Waals surface area contributed by atoms with Gasteiger partial charge in [-0.25, -0.2) is 0 Å². The highest BCUT2D eigenvalue weighted by molar-refractivity contribution is 5.95. The molecular weight excluding hydrogens is 304 g/mol. The van der Waals surface area contributed by atoms with Gasteiger partial charge in [0.1, 0.15) is 0 Å². The molecule has 0 aromatic heterocycles. The minimum atomic E-state index is 0.377. The van der Waals surface area contributed by atoms with Gasteiger partial charge in [0.2, 0.25) is 0 Å². The van der Waals surface area contributed by atoms with Crippen molar-refractivity contribution in [3.63, 3.8) is 0 Å². The van der Waals surface area contributed by atoms with E-state index in [1.807, 2.05) is 0 Å². The summed E-state index contributed by atoms with van der Waals surface area (Å²) in [5, 5.41) is 26.3. The molecule has 0 amide bonds. The van der Waals surface area contributed by atoms with Crippen molar-refractivity contribution in [2.24, 2.45) is 34.0 Å². The predicted molar refractivity (Wildman–Crippen MR) is 90.8 cm³/mol. The molecule has 5 rings (SSSR count). The molecule has 132 valence electrons. The van der Waals surface area contributed by atoms with Gasteiger partial charge in [0.05, 0.1) is 23.5 Å². The lowest BCUT2D eigenvalue weighted by molar-refractivity contribution is 0.0745. The lowest BCUT2D eigenvalue weighted by Gasteiger charge is -2.44. The van der Waals surface area contributed by atoms with Crippen LogP contribution in [0.15, 0.2) is 10.3 Å². The van der Waals surface area contributed by atoms with Gasteiger partial charge >= 0.3 is 0 Å². The Labute approximate surface area is 143 Å². The third-order valence-corrected chi connectivity index (χ3v) is 7.65. The Bertz CT molecular complexity index is 519. The maximum absolute atomic E-state index is 9.46. The van der Waals surface area contributed by atoms with Crippen LogP contribution >= 0.6 is 0 Å². The first-order valence-corrected chi connectivity index (χ1v) is 9.72. The molecule has 5 fully saturated rings. The average molecular weight is 332 g/mol. The van der Waals surface area contributed by atoms with Crippen molar-refractivity contribution in [3.8, 4) is 0 Å². The molecule has 1 aliphatic heterocycles. The smallest absolute Gasteiger partial charge is 0.0775 e. The lowest BCUT2D eigenvalue weighted by Crippen LogP contribution is -2.58. The monoisotopic (exact) mass is 332 g/mol. The fraction of sp³-hybridized carbons (Fsp3) is 0.889. The van der Waals surface area contributed by atoms with E-state index in [1.165, 1.54) is 38.5 Å². The third-order valence-electron chi connectivity index (χ3n) is 7.65. The molecule has 5 aliphatic rings. The van der Waals surface area contributed by atoms with Gasteiger partial charge in [-0.1, -0.05) is 10.3 Å². The predicted octanol–water partition coefficient (Wildman–Crippen LogP) is 1.86. The minimum absolute atomic E-state index is 0.377. The molecular formula is C18H28N4O2. The van der Waals surface area contributed by atoms with E-state index in [1.54, 1.807) is 0 Å². The van der Waals surface area contributed by atoms with Gasteiger partial charge in [0.25, 0.3) is 0 Å². The van der Waals surface area contributed by atoms with E-state index >= 15 is 0 Å². The number of oxime groups is 2. The zero-order valence-electron chi connectivity index (χ0n) is 14.2. The van der Waals surface area contributed by atoms with Gasteiger partial charge in [0, 0.05) is 38.0 Å². The summed E-state index contributed by atoms with van der Waals surface area (Å²) in [6.45, 7) is 4.16. The summed E-state index contributed by atoms with van der Waals surface area (Å²) in [5.41, 5.74) is 2.11. The highest BCUT2D eigenvalue weighted by atomic mass is 16.4. The fourth-order valence-electron chi connectivity index (χ4n) is 6.66. The van der Waals surface area contributed by atoms with Crippen molar-refractivity contribution < 1.29 is 10.4 Å². The summed E-state index contributed by atoms with van der Waals surface area (Å²) in [4.78, 5) is 5.11. The molecule has 0 unspecified atom stereocenters. The molecule has 4 bridgehead atoms. The molecule has 6 nitrogen and oxygen atoms in total. The van der Waals surface area contributed by atoms with Gasteiger partial charge in [-0.15, -0.1) is 0 Å². The third kappa shape index (κ3) is 2.08. The van der Waals surface area contributed by atoms with Gasteiger partial charge in [-0.05, 0) is 50.4 Å². The standard InChI is InChI=1S/C18H28N4O2/c23-19-15-11-1-3-13(9-11)17(15)21-5-7-22(8-6-21)18-14-4-2-12(10-14)16(18)20-24/h11-14,17-18,23-24H,1-10H2/b19-15+,20-16+/t11-,12-,13-,14-,17+,18+/m0/s1. The maximum atomic E-state index is 9.46. The van der Waals surface area contributed by atoms with Crippen LogP contribution in [0.1, 0.15) is 38.5 Å². The van der Waals surface area contributed by atoms with Gasteiger partial charge in [-0.3, -0.25) is 9.80 Å². The normalized spacial score (nSPS) is 49.0. The number of hydrogen-bond donors (Lipinski definition) is 2. The van der Waals surface area contributed by atoms with Crippen LogP contribution < -0.4 is 0 Å². The van der Waals surface area contributed by atoms with Crippen LogP contribution in [0.2, 0.25) is 0 Å². The molecule has 2 N–H and O–H groups in total. The van der Waals surface area contributed by atoms with Crippen LogP contribution in [0.25, 0.3) is 0 Å². The summed E-state index contributed by atoms with van der Waals surface area (Å²) in [6.07, 6.45) is 7.45. The van der Waals surface area contributed by atoms with Crippen LogP contribution in [0, 0.1) is 23.7 Å². The summed E-state index contributed by atoms with van der Waals surface area (Å²) in [6, 6.07) is 0.754. The van der Waals surface area contributed by atoms with E-state index < -0.39 is 0 Å². The van der Waals surface area contributed by atoms with Gasteiger partial charge in [-0.2, -0.15) is 0 Å². The molecule has 6 heteroatoms. The first-order chi connectivity index (χ1) is 11.8. The Morgan fingerprint density at radius 3 is 1.46 bits per heavy atom. The largest absolute Gasteiger partial charge is 0.411 e.